The summed E-state index contributed by atoms with van der Waals surface area (Å²) in [6.07, 6.45) is 3.91. The zero-order chi connectivity index (χ0) is 12.4. The number of hydrogen-bond acceptors (Lipinski definition) is 2. The molecule has 0 radical (unpaired) electrons. The predicted octanol–water partition coefficient (Wildman–Crippen LogP) is 3.93. The first-order chi connectivity index (χ1) is 8.83. The summed E-state index contributed by atoms with van der Waals surface area (Å²) < 4.78 is 0. The Morgan fingerprint density at radius 3 is 2.83 bits per heavy atom. The van der Waals surface area contributed by atoms with Crippen LogP contribution in [0, 0.1) is 5.92 Å². The van der Waals surface area contributed by atoms with Gasteiger partial charge in [-0.2, -0.15) is 11.8 Å². The van der Waals surface area contributed by atoms with Gasteiger partial charge in [0.25, 0.3) is 0 Å². The van der Waals surface area contributed by atoms with Crippen LogP contribution in [0.2, 0.25) is 5.02 Å². The maximum absolute atomic E-state index is 6.24. The largest absolute Gasteiger partial charge is 0.314 e. The fourth-order valence-electron chi connectivity index (χ4n) is 2.92. The lowest BCUT2D eigenvalue weighted by Gasteiger charge is -2.37. The van der Waals surface area contributed by atoms with Crippen molar-refractivity contribution in [3.8, 4) is 0 Å². The summed E-state index contributed by atoms with van der Waals surface area (Å²) in [4.78, 5) is 0. The highest BCUT2D eigenvalue weighted by atomic mass is 35.5. The van der Waals surface area contributed by atoms with E-state index >= 15 is 0 Å². The molecule has 1 aliphatic carbocycles. The highest BCUT2D eigenvalue weighted by molar-refractivity contribution is 7.99. The van der Waals surface area contributed by atoms with Crippen molar-refractivity contribution in [1.29, 1.82) is 0 Å². The van der Waals surface area contributed by atoms with E-state index in [2.05, 4.69) is 29.2 Å². The van der Waals surface area contributed by atoms with Gasteiger partial charge in [0.2, 0.25) is 0 Å². The lowest BCUT2D eigenvalue weighted by atomic mass is 9.75. The van der Waals surface area contributed by atoms with E-state index in [4.69, 9.17) is 11.6 Å². The molecule has 2 fully saturated rings. The minimum Gasteiger partial charge on any atom is -0.314 e. The molecule has 1 aromatic carbocycles. The second-order valence-corrected chi connectivity index (χ2v) is 7.08. The quantitative estimate of drug-likeness (QED) is 0.897. The molecule has 98 valence electrons. The average molecular weight is 282 g/mol. The Hall–Kier alpha value is -0.180. The van der Waals surface area contributed by atoms with Crippen LogP contribution in [0.25, 0.3) is 0 Å². The van der Waals surface area contributed by atoms with Crippen molar-refractivity contribution in [1.82, 2.24) is 5.32 Å². The molecule has 1 N–H and O–H groups in total. The molecular formula is C15H20ClNS. The Kier molecular flexibility index (Phi) is 4.17. The van der Waals surface area contributed by atoms with E-state index in [1.807, 2.05) is 12.1 Å². The topological polar surface area (TPSA) is 12.0 Å². The molecule has 3 heteroatoms. The molecule has 1 nitrogen and oxygen atoms in total. The Bertz CT molecular complexity index is 397. The first-order valence-corrected chi connectivity index (χ1v) is 8.41. The van der Waals surface area contributed by atoms with E-state index in [1.54, 1.807) is 0 Å². The third-order valence-electron chi connectivity index (χ3n) is 4.20. The maximum atomic E-state index is 6.24. The monoisotopic (exact) mass is 281 g/mol. The summed E-state index contributed by atoms with van der Waals surface area (Å²) in [6, 6.07) is 9.01. The minimum absolute atomic E-state index is 0.675. The fourth-order valence-corrected chi connectivity index (χ4v) is 4.50. The van der Waals surface area contributed by atoms with E-state index < -0.39 is 0 Å². The summed E-state index contributed by atoms with van der Waals surface area (Å²) in [5.41, 5.74) is 1.34. The molecule has 1 aliphatic heterocycles. The van der Waals surface area contributed by atoms with Gasteiger partial charge >= 0.3 is 0 Å². The van der Waals surface area contributed by atoms with Crippen molar-refractivity contribution in [3.63, 3.8) is 0 Å². The lowest BCUT2D eigenvalue weighted by Crippen LogP contribution is -2.42. The molecule has 1 heterocycles. The van der Waals surface area contributed by atoms with E-state index in [0.717, 1.165) is 17.0 Å². The van der Waals surface area contributed by atoms with Crippen molar-refractivity contribution >= 4 is 23.4 Å². The van der Waals surface area contributed by atoms with Gasteiger partial charge in [0.1, 0.15) is 0 Å². The van der Waals surface area contributed by atoms with Crippen molar-refractivity contribution in [2.75, 3.05) is 18.1 Å². The molecule has 2 aliphatic rings. The Morgan fingerprint density at radius 2 is 2.11 bits per heavy atom. The van der Waals surface area contributed by atoms with Crippen LogP contribution in [0.1, 0.15) is 30.7 Å². The van der Waals surface area contributed by atoms with Gasteiger partial charge < -0.3 is 5.32 Å². The van der Waals surface area contributed by atoms with Crippen LogP contribution < -0.4 is 5.32 Å². The Morgan fingerprint density at radius 1 is 1.28 bits per heavy atom. The Labute approximate surface area is 119 Å². The normalized spacial score (nSPS) is 31.3. The van der Waals surface area contributed by atoms with E-state index in [1.165, 1.54) is 42.9 Å². The highest BCUT2D eigenvalue weighted by Crippen LogP contribution is 2.40. The highest BCUT2D eigenvalue weighted by Gasteiger charge is 2.31. The van der Waals surface area contributed by atoms with Crippen LogP contribution in [-0.2, 0) is 0 Å². The molecule has 1 unspecified atom stereocenters. The second kappa shape index (κ2) is 5.85. The minimum atomic E-state index is 0.675. The number of rotatable bonds is 4. The molecule has 0 amide bonds. The molecule has 1 saturated carbocycles. The molecule has 18 heavy (non-hydrogen) atoms. The van der Waals surface area contributed by atoms with Crippen molar-refractivity contribution in [2.24, 2.45) is 5.92 Å². The van der Waals surface area contributed by atoms with Gasteiger partial charge in [0.05, 0.1) is 0 Å². The standard InChI is InChI=1S/C15H20ClNS/c16-15-4-2-1-3-14(15)12-7-13(8-12)17-9-11-5-6-18-10-11/h1-4,11-13,17H,5-10H2. The number of benzene rings is 1. The summed E-state index contributed by atoms with van der Waals surface area (Å²) in [6.45, 7) is 1.22. The lowest BCUT2D eigenvalue weighted by molar-refractivity contribution is 0.280. The zero-order valence-corrected chi connectivity index (χ0v) is 12.1. The molecule has 3 rings (SSSR count). The van der Waals surface area contributed by atoms with Gasteiger partial charge in [-0.3, -0.25) is 0 Å². The van der Waals surface area contributed by atoms with Crippen molar-refractivity contribution < 1.29 is 0 Å². The summed E-state index contributed by atoms with van der Waals surface area (Å²) >= 11 is 8.34. The smallest absolute Gasteiger partial charge is 0.0440 e. The summed E-state index contributed by atoms with van der Waals surface area (Å²) in [5.74, 6) is 4.30. The maximum Gasteiger partial charge on any atom is 0.0440 e. The summed E-state index contributed by atoms with van der Waals surface area (Å²) in [5, 5.41) is 4.66. The van der Waals surface area contributed by atoms with Gasteiger partial charge in [-0.05, 0) is 60.8 Å². The van der Waals surface area contributed by atoms with Crippen LogP contribution in [-0.4, -0.2) is 24.1 Å². The number of hydrogen-bond donors (Lipinski definition) is 1. The van der Waals surface area contributed by atoms with Gasteiger partial charge in [-0.1, -0.05) is 29.8 Å². The van der Waals surface area contributed by atoms with E-state index in [0.29, 0.717) is 5.92 Å². The molecule has 1 aromatic rings. The Balaban J connectivity index is 1.44. The number of nitrogens with one attached hydrogen (secondary N) is 1. The van der Waals surface area contributed by atoms with Crippen LogP contribution in [0.4, 0.5) is 0 Å². The zero-order valence-electron chi connectivity index (χ0n) is 10.6. The molecule has 0 bridgehead atoms. The van der Waals surface area contributed by atoms with Crippen LogP contribution in [0.5, 0.6) is 0 Å². The second-order valence-electron chi connectivity index (χ2n) is 5.52. The third-order valence-corrected chi connectivity index (χ3v) is 5.78. The molecule has 0 aromatic heterocycles. The SMILES string of the molecule is Clc1ccccc1C1CC(NCC2CCSC2)C1. The van der Waals surface area contributed by atoms with Gasteiger partial charge in [0.15, 0.2) is 0 Å². The van der Waals surface area contributed by atoms with Crippen LogP contribution in [0.3, 0.4) is 0 Å². The van der Waals surface area contributed by atoms with Crippen LogP contribution in [0.15, 0.2) is 24.3 Å². The summed E-state index contributed by atoms with van der Waals surface area (Å²) in [7, 11) is 0. The first-order valence-electron chi connectivity index (χ1n) is 6.88. The van der Waals surface area contributed by atoms with E-state index in [9.17, 15) is 0 Å². The van der Waals surface area contributed by atoms with Crippen LogP contribution >= 0.6 is 23.4 Å². The van der Waals surface area contributed by atoms with Crippen molar-refractivity contribution in [3.05, 3.63) is 34.9 Å². The number of thioether (sulfide) groups is 1. The molecular weight excluding hydrogens is 262 g/mol. The number of halogens is 1. The molecule has 0 spiro atoms. The average Bonchev–Trinajstić information content (AvgIpc) is 2.82. The van der Waals surface area contributed by atoms with Gasteiger partial charge in [-0.15, -0.1) is 0 Å². The molecule has 1 saturated heterocycles. The van der Waals surface area contributed by atoms with Crippen molar-refractivity contribution in [2.45, 2.75) is 31.2 Å². The van der Waals surface area contributed by atoms with E-state index in [-0.39, 0.29) is 0 Å². The fraction of sp³-hybridized carbons (Fsp3) is 0.600. The van der Waals surface area contributed by atoms with Gasteiger partial charge in [0, 0.05) is 11.1 Å². The third kappa shape index (κ3) is 2.87. The molecule has 1 atom stereocenters. The van der Waals surface area contributed by atoms with Gasteiger partial charge in [-0.25, -0.2) is 0 Å². The first kappa shape index (κ1) is 12.8. The predicted molar refractivity (Wildman–Crippen MR) is 80.6 cm³/mol.